The second-order valence-corrected chi connectivity index (χ2v) is 9.32. The number of rotatable bonds is 6. The number of imidazole rings is 1. The lowest BCUT2D eigenvalue weighted by atomic mass is 10.4. The summed E-state index contributed by atoms with van der Waals surface area (Å²) in [5, 5.41) is 0. The smallest absolute Gasteiger partial charge is 0.253 e. The summed E-state index contributed by atoms with van der Waals surface area (Å²) < 4.78 is 30.3. The van der Waals surface area contributed by atoms with Gasteiger partial charge in [0.25, 0.3) is 10.0 Å². The molecule has 24 heavy (non-hydrogen) atoms. The Hall–Kier alpha value is -1.70. The van der Waals surface area contributed by atoms with Gasteiger partial charge >= 0.3 is 0 Å². The van der Waals surface area contributed by atoms with Gasteiger partial charge in [-0.25, -0.2) is 13.4 Å². The molecular weight excluding hydrogens is 342 g/mol. The van der Waals surface area contributed by atoms with Gasteiger partial charge in [-0.3, -0.25) is 0 Å². The van der Waals surface area contributed by atoms with Crippen LogP contribution in [0, 0.1) is 0 Å². The normalized spacial score (nSPS) is 15.4. The molecule has 1 aliphatic carbocycles. The fourth-order valence-corrected chi connectivity index (χ4v) is 5.92. The zero-order valence-electron chi connectivity index (χ0n) is 13.4. The van der Waals surface area contributed by atoms with E-state index < -0.39 is 10.0 Å². The van der Waals surface area contributed by atoms with Crippen molar-refractivity contribution in [1.82, 2.24) is 13.7 Å². The summed E-state index contributed by atoms with van der Waals surface area (Å²) in [6.45, 7) is 2.40. The molecule has 0 amide bonds. The van der Waals surface area contributed by atoms with Crippen LogP contribution in [0.15, 0.2) is 46.9 Å². The molecule has 0 radical (unpaired) electrons. The number of hydrogen-bond acceptors (Lipinski definition) is 4. The van der Waals surface area contributed by atoms with Gasteiger partial charge in [-0.05, 0) is 43.5 Å². The molecule has 0 atom stereocenters. The highest BCUT2D eigenvalue weighted by Crippen LogP contribution is 2.35. The summed E-state index contributed by atoms with van der Waals surface area (Å²) in [6.07, 6.45) is 6.42. The van der Waals surface area contributed by atoms with Gasteiger partial charge in [-0.2, -0.15) is 4.31 Å². The standard InChI is InChI=1S/C17H19N3O2S2/c1-2-15-8-9-17(23-15)24(21,22)20(13-6-7-13)12-14-11-18-16-5-3-4-10-19(14)16/h3-5,8-11,13H,2,6-7,12H2,1H3. The zero-order valence-corrected chi connectivity index (χ0v) is 15.1. The fraction of sp³-hybridized carbons (Fsp3) is 0.353. The second-order valence-electron chi connectivity index (χ2n) is 6.03. The Morgan fingerprint density at radius 2 is 2.12 bits per heavy atom. The van der Waals surface area contributed by atoms with E-state index in [1.165, 1.54) is 11.3 Å². The molecule has 4 rings (SSSR count). The monoisotopic (exact) mass is 361 g/mol. The van der Waals surface area contributed by atoms with Crippen molar-refractivity contribution in [3.05, 3.63) is 53.3 Å². The van der Waals surface area contributed by atoms with Crippen molar-refractivity contribution < 1.29 is 8.42 Å². The van der Waals surface area contributed by atoms with E-state index in [2.05, 4.69) is 4.98 Å². The van der Waals surface area contributed by atoms with Crippen LogP contribution < -0.4 is 0 Å². The van der Waals surface area contributed by atoms with Crippen LogP contribution in [0.4, 0.5) is 0 Å². The Morgan fingerprint density at radius 1 is 1.29 bits per heavy atom. The molecule has 0 unspecified atom stereocenters. The maximum atomic E-state index is 13.1. The average molecular weight is 361 g/mol. The van der Waals surface area contributed by atoms with Crippen molar-refractivity contribution >= 4 is 27.0 Å². The first-order valence-corrected chi connectivity index (χ1v) is 10.4. The number of aromatic nitrogens is 2. The number of hydrogen-bond donors (Lipinski definition) is 0. The van der Waals surface area contributed by atoms with E-state index in [9.17, 15) is 8.42 Å². The second kappa shape index (κ2) is 5.98. The SMILES string of the molecule is CCc1ccc(S(=O)(=O)N(Cc2cnc3ccccn23)C2CC2)s1. The van der Waals surface area contributed by atoms with Crippen LogP contribution in [0.25, 0.3) is 5.65 Å². The number of thiophene rings is 1. The lowest BCUT2D eigenvalue weighted by Gasteiger charge is -2.20. The van der Waals surface area contributed by atoms with Crippen LogP contribution in [0.3, 0.4) is 0 Å². The van der Waals surface area contributed by atoms with E-state index in [0.717, 1.165) is 35.5 Å². The van der Waals surface area contributed by atoms with Gasteiger partial charge in [0, 0.05) is 17.1 Å². The summed E-state index contributed by atoms with van der Waals surface area (Å²) in [5.74, 6) is 0. The highest BCUT2D eigenvalue weighted by Gasteiger charge is 2.39. The van der Waals surface area contributed by atoms with Crippen molar-refractivity contribution in [1.29, 1.82) is 0 Å². The van der Waals surface area contributed by atoms with Gasteiger partial charge < -0.3 is 4.40 Å². The highest BCUT2D eigenvalue weighted by molar-refractivity contribution is 7.91. The predicted molar refractivity (Wildman–Crippen MR) is 94.6 cm³/mol. The molecule has 7 heteroatoms. The number of pyridine rings is 1. The van der Waals surface area contributed by atoms with Crippen molar-refractivity contribution in [2.45, 2.75) is 43.0 Å². The van der Waals surface area contributed by atoms with Gasteiger partial charge in [0.2, 0.25) is 0 Å². The summed E-state index contributed by atoms with van der Waals surface area (Å²) in [7, 11) is -3.46. The molecule has 1 aliphatic rings. The molecule has 0 aromatic carbocycles. The first-order chi connectivity index (χ1) is 11.6. The maximum absolute atomic E-state index is 13.1. The van der Waals surface area contributed by atoms with Crippen molar-refractivity contribution in [3.8, 4) is 0 Å². The molecule has 0 N–H and O–H groups in total. The van der Waals surface area contributed by atoms with Crippen LogP contribution >= 0.6 is 11.3 Å². The Balaban J connectivity index is 1.69. The highest BCUT2D eigenvalue weighted by atomic mass is 32.2. The van der Waals surface area contributed by atoms with Gasteiger partial charge in [0.1, 0.15) is 9.86 Å². The molecule has 1 fully saturated rings. The van der Waals surface area contributed by atoms with Gasteiger partial charge in [0.05, 0.1) is 18.4 Å². The summed E-state index contributed by atoms with van der Waals surface area (Å²) in [5.41, 5.74) is 1.73. The van der Waals surface area contributed by atoms with E-state index in [-0.39, 0.29) is 6.04 Å². The summed E-state index contributed by atoms with van der Waals surface area (Å²) in [4.78, 5) is 5.46. The number of sulfonamides is 1. The average Bonchev–Trinajstić information content (AvgIpc) is 3.15. The minimum Gasteiger partial charge on any atom is -0.303 e. The third kappa shape index (κ3) is 2.76. The zero-order chi connectivity index (χ0) is 16.7. The molecular formula is C17H19N3O2S2. The van der Waals surface area contributed by atoms with Crippen molar-refractivity contribution in [2.24, 2.45) is 0 Å². The van der Waals surface area contributed by atoms with Crippen LogP contribution in [0.1, 0.15) is 30.3 Å². The minimum absolute atomic E-state index is 0.108. The molecule has 3 heterocycles. The molecule has 0 spiro atoms. The van der Waals surface area contributed by atoms with E-state index >= 15 is 0 Å². The Bertz CT molecular complexity index is 971. The first-order valence-electron chi connectivity index (χ1n) is 8.11. The van der Waals surface area contributed by atoms with Gasteiger partial charge in [-0.15, -0.1) is 11.3 Å². The van der Waals surface area contributed by atoms with E-state index in [0.29, 0.717) is 10.8 Å². The number of aryl methyl sites for hydroxylation is 1. The van der Waals surface area contributed by atoms with Crippen LogP contribution in [0.2, 0.25) is 0 Å². The largest absolute Gasteiger partial charge is 0.303 e. The molecule has 3 aromatic rings. The maximum Gasteiger partial charge on any atom is 0.253 e. The molecule has 1 saturated carbocycles. The van der Waals surface area contributed by atoms with Gasteiger partial charge in [0.15, 0.2) is 0 Å². The Labute approximate surface area is 145 Å². The molecule has 5 nitrogen and oxygen atoms in total. The molecule has 0 saturated heterocycles. The van der Waals surface area contributed by atoms with Crippen LogP contribution in [-0.2, 0) is 23.0 Å². The Morgan fingerprint density at radius 3 is 2.83 bits per heavy atom. The lowest BCUT2D eigenvalue weighted by Crippen LogP contribution is -2.32. The van der Waals surface area contributed by atoms with E-state index in [1.807, 2.05) is 41.8 Å². The fourth-order valence-electron chi connectivity index (χ4n) is 2.84. The van der Waals surface area contributed by atoms with E-state index in [1.54, 1.807) is 16.6 Å². The van der Waals surface area contributed by atoms with E-state index in [4.69, 9.17) is 0 Å². The quantitative estimate of drug-likeness (QED) is 0.677. The topological polar surface area (TPSA) is 54.7 Å². The van der Waals surface area contributed by atoms with Crippen molar-refractivity contribution in [2.75, 3.05) is 0 Å². The Kier molecular flexibility index (Phi) is 3.94. The molecule has 3 aromatic heterocycles. The number of nitrogens with zero attached hydrogens (tertiary/aromatic N) is 3. The van der Waals surface area contributed by atoms with Crippen LogP contribution in [0.5, 0.6) is 0 Å². The summed E-state index contributed by atoms with van der Waals surface area (Å²) in [6, 6.07) is 9.54. The van der Waals surface area contributed by atoms with Gasteiger partial charge in [-0.1, -0.05) is 13.0 Å². The molecule has 126 valence electrons. The predicted octanol–water partition coefficient (Wildman–Crippen LogP) is 3.31. The number of fused-ring (bicyclic) bond motifs is 1. The van der Waals surface area contributed by atoms with Crippen LogP contribution in [-0.4, -0.2) is 28.1 Å². The third-order valence-electron chi connectivity index (χ3n) is 4.31. The summed E-state index contributed by atoms with van der Waals surface area (Å²) >= 11 is 1.38. The molecule has 0 bridgehead atoms. The minimum atomic E-state index is -3.46. The lowest BCUT2D eigenvalue weighted by molar-refractivity contribution is 0.394. The first kappa shape index (κ1) is 15.8. The van der Waals surface area contributed by atoms with Crippen molar-refractivity contribution in [3.63, 3.8) is 0 Å². The molecule has 0 aliphatic heterocycles. The third-order valence-corrected chi connectivity index (χ3v) is 7.91.